The SMILES string of the molecule is CCOC(=O)C1CCN(C(C)c2nnnn2-c2ccccc2)CC1. The van der Waals surface area contributed by atoms with Crippen molar-refractivity contribution in [3.8, 4) is 5.69 Å². The highest BCUT2D eigenvalue weighted by molar-refractivity contribution is 5.72. The molecule has 3 rings (SSSR count). The standard InChI is InChI=1S/C17H23N5O2/c1-3-24-17(23)14-9-11-21(12-10-14)13(2)16-18-19-20-22(16)15-7-5-4-6-8-15/h4-8,13-14H,3,9-12H2,1-2H3. The number of carbonyl (C=O) groups excluding carboxylic acids is 1. The average Bonchev–Trinajstić information content (AvgIpc) is 3.12. The summed E-state index contributed by atoms with van der Waals surface area (Å²) in [5.41, 5.74) is 0.950. The zero-order valence-corrected chi connectivity index (χ0v) is 14.1. The molecule has 24 heavy (non-hydrogen) atoms. The molecule has 1 aromatic heterocycles. The second kappa shape index (κ2) is 7.53. The van der Waals surface area contributed by atoms with Gasteiger partial charge in [0.05, 0.1) is 24.3 Å². The number of likely N-dealkylation sites (tertiary alicyclic amines) is 1. The number of tetrazole rings is 1. The normalized spacial score (nSPS) is 17.6. The van der Waals surface area contributed by atoms with Crippen molar-refractivity contribution in [3.63, 3.8) is 0 Å². The van der Waals surface area contributed by atoms with E-state index >= 15 is 0 Å². The van der Waals surface area contributed by atoms with Crippen LogP contribution >= 0.6 is 0 Å². The van der Waals surface area contributed by atoms with Crippen LogP contribution in [0.5, 0.6) is 0 Å². The number of piperidine rings is 1. The van der Waals surface area contributed by atoms with Gasteiger partial charge in [-0.15, -0.1) is 5.10 Å². The van der Waals surface area contributed by atoms with E-state index in [1.54, 1.807) is 4.68 Å². The lowest BCUT2D eigenvalue weighted by Gasteiger charge is -2.34. The lowest BCUT2D eigenvalue weighted by Crippen LogP contribution is -2.39. The number of rotatable bonds is 5. The molecule has 7 nitrogen and oxygen atoms in total. The summed E-state index contributed by atoms with van der Waals surface area (Å²) < 4.78 is 6.91. The second-order valence-electron chi connectivity index (χ2n) is 6.02. The number of hydrogen-bond acceptors (Lipinski definition) is 6. The van der Waals surface area contributed by atoms with E-state index in [0.29, 0.717) is 6.61 Å². The molecule has 0 saturated carbocycles. The van der Waals surface area contributed by atoms with Crippen LogP contribution in [0.4, 0.5) is 0 Å². The van der Waals surface area contributed by atoms with E-state index in [1.807, 2.05) is 37.3 Å². The van der Waals surface area contributed by atoms with Crippen LogP contribution in [0.1, 0.15) is 38.6 Å². The first kappa shape index (κ1) is 16.6. The van der Waals surface area contributed by atoms with Crippen molar-refractivity contribution < 1.29 is 9.53 Å². The maximum Gasteiger partial charge on any atom is 0.309 e. The first-order valence-corrected chi connectivity index (χ1v) is 8.45. The van der Waals surface area contributed by atoms with Gasteiger partial charge in [-0.05, 0) is 62.3 Å². The Bertz CT molecular complexity index is 665. The smallest absolute Gasteiger partial charge is 0.309 e. The molecule has 1 aromatic carbocycles. The summed E-state index contributed by atoms with van der Waals surface area (Å²) in [6.45, 7) is 6.08. The Labute approximate surface area is 141 Å². The quantitative estimate of drug-likeness (QED) is 0.781. The van der Waals surface area contributed by atoms with Crippen LogP contribution in [0.25, 0.3) is 5.69 Å². The molecule has 128 valence electrons. The second-order valence-corrected chi connectivity index (χ2v) is 6.02. The molecule has 7 heteroatoms. The number of carbonyl (C=O) groups is 1. The summed E-state index contributed by atoms with van der Waals surface area (Å²) in [5, 5.41) is 12.2. The molecule has 0 radical (unpaired) electrons. The van der Waals surface area contributed by atoms with E-state index in [4.69, 9.17) is 4.74 Å². The number of hydrogen-bond donors (Lipinski definition) is 0. The molecule has 1 aliphatic heterocycles. The van der Waals surface area contributed by atoms with Gasteiger partial charge in [0.2, 0.25) is 0 Å². The summed E-state index contributed by atoms with van der Waals surface area (Å²) >= 11 is 0. The Morgan fingerprint density at radius 3 is 2.67 bits per heavy atom. The highest BCUT2D eigenvalue weighted by Crippen LogP contribution is 2.26. The van der Waals surface area contributed by atoms with E-state index in [9.17, 15) is 4.79 Å². The van der Waals surface area contributed by atoms with Gasteiger partial charge in [-0.1, -0.05) is 18.2 Å². The molecule has 1 aliphatic rings. The third-order valence-corrected chi connectivity index (χ3v) is 4.57. The lowest BCUT2D eigenvalue weighted by atomic mass is 9.96. The summed E-state index contributed by atoms with van der Waals surface area (Å²) in [6, 6.07) is 9.96. The van der Waals surface area contributed by atoms with Gasteiger partial charge < -0.3 is 4.74 Å². The Hall–Kier alpha value is -2.28. The Morgan fingerprint density at radius 2 is 2.00 bits per heavy atom. The fourth-order valence-corrected chi connectivity index (χ4v) is 3.15. The van der Waals surface area contributed by atoms with E-state index in [-0.39, 0.29) is 17.9 Å². The highest BCUT2D eigenvalue weighted by Gasteiger charge is 2.30. The van der Waals surface area contributed by atoms with Crippen molar-refractivity contribution >= 4 is 5.97 Å². The molecule has 0 spiro atoms. The number of esters is 1. The lowest BCUT2D eigenvalue weighted by molar-refractivity contribution is -0.149. The zero-order valence-electron chi connectivity index (χ0n) is 14.1. The van der Waals surface area contributed by atoms with Crippen molar-refractivity contribution in [1.82, 2.24) is 25.1 Å². The van der Waals surface area contributed by atoms with Crippen molar-refractivity contribution in [3.05, 3.63) is 36.2 Å². The van der Waals surface area contributed by atoms with E-state index < -0.39 is 0 Å². The van der Waals surface area contributed by atoms with Crippen molar-refractivity contribution in [1.29, 1.82) is 0 Å². The highest BCUT2D eigenvalue weighted by atomic mass is 16.5. The van der Waals surface area contributed by atoms with E-state index in [2.05, 4.69) is 27.3 Å². The van der Waals surface area contributed by atoms with Gasteiger partial charge in [-0.3, -0.25) is 9.69 Å². The molecular weight excluding hydrogens is 306 g/mol. The molecule has 2 aromatic rings. The molecule has 0 N–H and O–H groups in total. The topological polar surface area (TPSA) is 73.1 Å². The van der Waals surface area contributed by atoms with E-state index in [1.165, 1.54) is 0 Å². The predicted octanol–water partition coefficient (Wildman–Crippen LogP) is 2.00. The van der Waals surface area contributed by atoms with Gasteiger partial charge in [0.25, 0.3) is 0 Å². The third kappa shape index (κ3) is 3.46. The van der Waals surface area contributed by atoms with Crippen LogP contribution in [0.2, 0.25) is 0 Å². The van der Waals surface area contributed by atoms with Crippen molar-refractivity contribution in [2.24, 2.45) is 5.92 Å². The van der Waals surface area contributed by atoms with Gasteiger partial charge >= 0.3 is 5.97 Å². The van der Waals surface area contributed by atoms with Crippen LogP contribution in [0.3, 0.4) is 0 Å². The molecule has 0 bridgehead atoms. The Morgan fingerprint density at radius 1 is 1.29 bits per heavy atom. The first-order chi connectivity index (χ1) is 11.7. The summed E-state index contributed by atoms with van der Waals surface area (Å²) in [6.07, 6.45) is 1.63. The van der Waals surface area contributed by atoms with Crippen LogP contribution in [0.15, 0.2) is 30.3 Å². The molecule has 1 saturated heterocycles. The van der Waals surface area contributed by atoms with Crippen LogP contribution in [-0.2, 0) is 9.53 Å². The minimum atomic E-state index is -0.0704. The van der Waals surface area contributed by atoms with Crippen LogP contribution in [-0.4, -0.2) is 50.8 Å². The largest absolute Gasteiger partial charge is 0.466 e. The number of para-hydroxylation sites is 1. The van der Waals surface area contributed by atoms with Crippen LogP contribution in [0, 0.1) is 5.92 Å². The number of ether oxygens (including phenoxy) is 1. The van der Waals surface area contributed by atoms with Gasteiger partial charge in [0.1, 0.15) is 0 Å². The van der Waals surface area contributed by atoms with Crippen molar-refractivity contribution in [2.45, 2.75) is 32.7 Å². The molecule has 0 aliphatic carbocycles. The number of aromatic nitrogens is 4. The fraction of sp³-hybridized carbons (Fsp3) is 0.529. The Kier molecular flexibility index (Phi) is 5.20. The maximum absolute atomic E-state index is 11.9. The minimum Gasteiger partial charge on any atom is -0.466 e. The van der Waals surface area contributed by atoms with Gasteiger partial charge in [-0.25, -0.2) is 0 Å². The molecule has 1 unspecified atom stereocenters. The fourth-order valence-electron chi connectivity index (χ4n) is 3.15. The molecular formula is C17H23N5O2. The Balaban J connectivity index is 1.68. The summed E-state index contributed by atoms with van der Waals surface area (Å²) in [4.78, 5) is 14.2. The first-order valence-electron chi connectivity index (χ1n) is 8.45. The minimum absolute atomic E-state index is 0.0125. The number of benzene rings is 1. The molecule has 1 fully saturated rings. The zero-order chi connectivity index (χ0) is 16.9. The molecule has 0 amide bonds. The summed E-state index contributed by atoms with van der Waals surface area (Å²) in [7, 11) is 0. The van der Waals surface area contributed by atoms with Gasteiger partial charge in [-0.2, -0.15) is 4.68 Å². The van der Waals surface area contributed by atoms with E-state index in [0.717, 1.165) is 37.4 Å². The molecule has 1 atom stereocenters. The maximum atomic E-state index is 11.9. The number of nitrogens with zero attached hydrogens (tertiary/aromatic N) is 5. The predicted molar refractivity (Wildman–Crippen MR) is 88.5 cm³/mol. The van der Waals surface area contributed by atoms with Gasteiger partial charge in [0, 0.05) is 0 Å². The molecule has 2 heterocycles. The monoisotopic (exact) mass is 329 g/mol. The van der Waals surface area contributed by atoms with Crippen molar-refractivity contribution in [2.75, 3.05) is 19.7 Å². The van der Waals surface area contributed by atoms with Gasteiger partial charge in [0.15, 0.2) is 5.82 Å². The summed E-state index contributed by atoms with van der Waals surface area (Å²) in [5.74, 6) is 0.758. The van der Waals surface area contributed by atoms with Crippen LogP contribution < -0.4 is 0 Å². The third-order valence-electron chi connectivity index (χ3n) is 4.57. The average molecular weight is 329 g/mol.